The van der Waals surface area contributed by atoms with Gasteiger partial charge >= 0.3 is 0 Å². The quantitative estimate of drug-likeness (QED) is 0.586. The molecule has 1 aromatic heterocycles. The predicted octanol–water partition coefficient (Wildman–Crippen LogP) is 4.76. The molecule has 0 aliphatic carbocycles. The Morgan fingerprint density at radius 3 is 2.26 bits per heavy atom. The highest BCUT2D eigenvalue weighted by Crippen LogP contribution is 2.40. The summed E-state index contributed by atoms with van der Waals surface area (Å²) in [4.78, 5) is 0. The molecule has 110 valence electrons. The third kappa shape index (κ3) is 4.29. The average Bonchev–Trinajstić information content (AvgIpc) is 2.62. The van der Waals surface area contributed by atoms with E-state index in [4.69, 9.17) is 15.1 Å². The summed E-state index contributed by atoms with van der Waals surface area (Å²) < 4.78 is 28.9. The van der Waals surface area contributed by atoms with E-state index in [9.17, 15) is 8.42 Å². The topological polar surface area (TPSA) is 43.4 Å². The highest BCUT2D eigenvalue weighted by atomic mass is 35.7. The van der Waals surface area contributed by atoms with E-state index in [1.165, 1.54) is 0 Å². The summed E-state index contributed by atoms with van der Waals surface area (Å²) in [7, 11) is -0.174. The van der Waals surface area contributed by atoms with Crippen molar-refractivity contribution in [3.05, 3.63) is 17.0 Å². The molecule has 0 spiro atoms. The van der Waals surface area contributed by atoms with Crippen molar-refractivity contribution in [3.8, 4) is 0 Å². The Balaban J connectivity index is 2.91. The average molecular weight is 341 g/mol. The maximum absolute atomic E-state index is 11.3. The first-order valence-electron chi connectivity index (χ1n) is 6.05. The molecule has 1 atom stereocenters. The summed E-state index contributed by atoms with van der Waals surface area (Å²) >= 11 is 1.13. The first-order valence-corrected chi connectivity index (χ1v) is 12.2. The van der Waals surface area contributed by atoms with Gasteiger partial charge < -0.3 is 4.43 Å². The zero-order valence-electron chi connectivity index (χ0n) is 12.2. The van der Waals surface area contributed by atoms with E-state index in [1.807, 2.05) is 6.92 Å². The molecular weight excluding hydrogens is 320 g/mol. The third-order valence-corrected chi connectivity index (χ3v) is 11.2. The van der Waals surface area contributed by atoms with Crippen molar-refractivity contribution < 1.29 is 12.8 Å². The van der Waals surface area contributed by atoms with Gasteiger partial charge in [0.1, 0.15) is 4.21 Å². The molecule has 0 bridgehead atoms. The third-order valence-electron chi connectivity index (χ3n) is 3.58. The van der Waals surface area contributed by atoms with Gasteiger partial charge in [-0.15, -0.1) is 11.3 Å². The standard InChI is InChI=1S/C12H21ClO3S2Si/c1-9(16-19(5,6)12(2,3)4)10-7-11(17-8-10)18(13,14)15/h7-9H,1-6H3. The van der Waals surface area contributed by atoms with Crippen molar-refractivity contribution in [1.82, 2.24) is 0 Å². The van der Waals surface area contributed by atoms with Crippen molar-refractivity contribution in [2.24, 2.45) is 0 Å². The molecule has 0 saturated heterocycles. The molecule has 0 fully saturated rings. The van der Waals surface area contributed by atoms with Gasteiger partial charge in [-0.3, -0.25) is 0 Å². The lowest BCUT2D eigenvalue weighted by atomic mass is 10.2. The van der Waals surface area contributed by atoms with Crippen LogP contribution in [0.4, 0.5) is 0 Å². The Morgan fingerprint density at radius 2 is 1.89 bits per heavy atom. The summed E-state index contributed by atoms with van der Waals surface area (Å²) in [6.07, 6.45) is -0.121. The molecule has 0 saturated carbocycles. The highest BCUT2D eigenvalue weighted by molar-refractivity contribution is 8.15. The molecule has 19 heavy (non-hydrogen) atoms. The van der Waals surface area contributed by atoms with Gasteiger partial charge in [-0.25, -0.2) is 8.42 Å². The van der Waals surface area contributed by atoms with Gasteiger partial charge in [0.15, 0.2) is 8.32 Å². The molecule has 3 nitrogen and oxygen atoms in total. The van der Waals surface area contributed by atoms with E-state index in [-0.39, 0.29) is 15.4 Å². The monoisotopic (exact) mass is 340 g/mol. The van der Waals surface area contributed by atoms with Gasteiger partial charge in [0.2, 0.25) is 0 Å². The molecule has 1 unspecified atom stereocenters. The molecule has 7 heteroatoms. The first-order chi connectivity index (χ1) is 8.34. The fourth-order valence-electron chi connectivity index (χ4n) is 1.36. The molecule has 1 heterocycles. The molecular formula is C12H21ClO3S2Si. The second kappa shape index (κ2) is 5.48. The second-order valence-corrected chi connectivity index (χ2v) is 14.6. The van der Waals surface area contributed by atoms with Crippen LogP contribution in [0.3, 0.4) is 0 Å². The minimum atomic E-state index is -3.64. The van der Waals surface area contributed by atoms with E-state index in [0.717, 1.165) is 16.9 Å². The number of halogens is 1. The number of hydrogen-bond donors (Lipinski definition) is 0. The van der Waals surface area contributed by atoms with E-state index in [2.05, 4.69) is 33.9 Å². The number of hydrogen-bond acceptors (Lipinski definition) is 4. The fourth-order valence-corrected chi connectivity index (χ4v) is 4.79. The van der Waals surface area contributed by atoms with Crippen LogP contribution in [-0.4, -0.2) is 16.7 Å². The van der Waals surface area contributed by atoms with Gasteiger partial charge in [-0.1, -0.05) is 20.8 Å². The number of thiophene rings is 1. The van der Waals surface area contributed by atoms with Crippen LogP contribution >= 0.6 is 22.0 Å². The van der Waals surface area contributed by atoms with Crippen molar-refractivity contribution >= 4 is 39.4 Å². The normalized spacial score (nSPS) is 15.5. The van der Waals surface area contributed by atoms with Crippen molar-refractivity contribution in [1.29, 1.82) is 0 Å². The van der Waals surface area contributed by atoms with Crippen LogP contribution in [0, 0.1) is 0 Å². The maximum atomic E-state index is 11.3. The van der Waals surface area contributed by atoms with E-state index < -0.39 is 17.4 Å². The summed E-state index contributed by atoms with van der Waals surface area (Å²) in [6.45, 7) is 12.8. The summed E-state index contributed by atoms with van der Waals surface area (Å²) in [5.41, 5.74) is 0.869. The van der Waals surface area contributed by atoms with Crippen molar-refractivity contribution in [3.63, 3.8) is 0 Å². The first kappa shape index (κ1) is 17.2. The molecule has 0 aliphatic heterocycles. The van der Waals surface area contributed by atoms with Crippen LogP contribution in [0.5, 0.6) is 0 Å². The smallest absolute Gasteiger partial charge is 0.270 e. The molecule has 0 N–H and O–H groups in total. The Labute approximate surface area is 125 Å². The van der Waals surface area contributed by atoms with Crippen LogP contribution in [0.1, 0.15) is 39.4 Å². The summed E-state index contributed by atoms with van der Waals surface area (Å²) in [6, 6.07) is 1.60. The summed E-state index contributed by atoms with van der Waals surface area (Å²) in [5, 5.41) is 1.92. The SMILES string of the molecule is CC(O[Si](C)(C)C(C)(C)C)c1csc(S(=O)(=O)Cl)c1. The minimum absolute atomic E-state index is 0.121. The van der Waals surface area contributed by atoms with Crippen molar-refractivity contribution in [2.75, 3.05) is 0 Å². The van der Waals surface area contributed by atoms with Crippen LogP contribution in [0.15, 0.2) is 15.7 Å². The molecule has 0 aliphatic rings. The highest BCUT2D eigenvalue weighted by Gasteiger charge is 2.38. The van der Waals surface area contributed by atoms with Gasteiger partial charge in [0, 0.05) is 10.7 Å². The Kier molecular flexibility index (Phi) is 4.95. The predicted molar refractivity (Wildman–Crippen MR) is 84.1 cm³/mol. The zero-order valence-corrected chi connectivity index (χ0v) is 15.5. The minimum Gasteiger partial charge on any atom is -0.410 e. The zero-order chi connectivity index (χ0) is 15.1. The fraction of sp³-hybridized carbons (Fsp3) is 0.667. The van der Waals surface area contributed by atoms with Gasteiger partial charge in [0.25, 0.3) is 9.05 Å². The van der Waals surface area contributed by atoms with E-state index >= 15 is 0 Å². The van der Waals surface area contributed by atoms with Crippen LogP contribution in [0.2, 0.25) is 18.1 Å². The van der Waals surface area contributed by atoms with E-state index in [0.29, 0.717) is 0 Å². The van der Waals surface area contributed by atoms with Crippen LogP contribution in [0.25, 0.3) is 0 Å². The van der Waals surface area contributed by atoms with Crippen LogP contribution in [-0.2, 0) is 13.5 Å². The second-order valence-electron chi connectivity index (χ2n) is 6.16. The van der Waals surface area contributed by atoms with E-state index in [1.54, 1.807) is 11.4 Å². The van der Waals surface area contributed by atoms with Gasteiger partial charge in [0.05, 0.1) is 6.10 Å². The molecule has 1 rings (SSSR count). The lowest BCUT2D eigenvalue weighted by molar-refractivity contribution is 0.203. The Hall–Kier alpha value is 0.117. The molecule has 0 amide bonds. The largest absolute Gasteiger partial charge is 0.410 e. The van der Waals surface area contributed by atoms with Gasteiger partial charge in [-0.2, -0.15) is 0 Å². The van der Waals surface area contributed by atoms with Crippen LogP contribution < -0.4 is 0 Å². The van der Waals surface area contributed by atoms with Gasteiger partial charge in [-0.05, 0) is 42.1 Å². The summed E-state index contributed by atoms with van der Waals surface area (Å²) in [5.74, 6) is 0. The Bertz CT molecular complexity index is 544. The maximum Gasteiger partial charge on any atom is 0.270 e. The number of rotatable bonds is 4. The van der Waals surface area contributed by atoms with Crippen molar-refractivity contribution in [2.45, 2.75) is 56.1 Å². The molecule has 0 aromatic carbocycles. The Morgan fingerprint density at radius 1 is 1.37 bits per heavy atom. The lowest BCUT2D eigenvalue weighted by Crippen LogP contribution is -2.41. The lowest BCUT2D eigenvalue weighted by Gasteiger charge is -2.38. The molecule has 1 aromatic rings. The molecule has 0 radical (unpaired) electrons.